The number of nitrogens with zero attached hydrogens (tertiary/aromatic N) is 3. The van der Waals surface area contributed by atoms with Crippen molar-refractivity contribution in [2.75, 3.05) is 39.3 Å². The first kappa shape index (κ1) is 21.2. The normalized spacial score (nSPS) is 20.7. The number of hydrogen-bond acceptors (Lipinski definition) is 6. The summed E-state index contributed by atoms with van der Waals surface area (Å²) in [5, 5.41) is 10.9. The van der Waals surface area contributed by atoms with Gasteiger partial charge in [-0.05, 0) is 18.9 Å². The van der Waals surface area contributed by atoms with E-state index in [1.165, 1.54) is 48.2 Å². The number of piperazine rings is 1. The monoisotopic (exact) mass is 411 g/mol. The summed E-state index contributed by atoms with van der Waals surface area (Å²) >= 11 is 0. The molecule has 1 heterocycles. The van der Waals surface area contributed by atoms with E-state index in [0.29, 0.717) is 38.9 Å². The smallest absolute Gasteiger partial charge is 0.270 e. The molecule has 2 fully saturated rings. The van der Waals surface area contributed by atoms with Crippen LogP contribution in [-0.4, -0.2) is 68.0 Å². The Bertz CT molecular complexity index is 755. The lowest BCUT2D eigenvalue weighted by Crippen LogP contribution is -2.49. The van der Waals surface area contributed by atoms with Crippen molar-refractivity contribution in [2.45, 2.75) is 49.5 Å². The first-order chi connectivity index (χ1) is 13.5. The molecule has 1 aromatic carbocycles. The molecule has 8 nitrogen and oxygen atoms in total. The Hall–Kier alpha value is -1.55. The molecule has 156 valence electrons. The summed E-state index contributed by atoms with van der Waals surface area (Å²) in [7, 11) is -3.71. The number of ether oxygens (including phenoxy) is 1. The molecule has 9 heteroatoms. The Morgan fingerprint density at radius 2 is 1.75 bits per heavy atom. The van der Waals surface area contributed by atoms with Crippen LogP contribution in [0.2, 0.25) is 0 Å². The summed E-state index contributed by atoms with van der Waals surface area (Å²) in [5.74, 6) is 0. The summed E-state index contributed by atoms with van der Waals surface area (Å²) in [5.41, 5.74) is -0.213. The summed E-state index contributed by atoms with van der Waals surface area (Å²) in [6.45, 7) is 3.54. The zero-order valence-corrected chi connectivity index (χ0v) is 17.0. The Morgan fingerprint density at radius 3 is 2.39 bits per heavy atom. The second-order valence-corrected chi connectivity index (χ2v) is 9.42. The number of nitro benzene ring substituents is 1. The summed E-state index contributed by atoms with van der Waals surface area (Å²) in [6.07, 6.45) is 7.78. The molecule has 0 aromatic heterocycles. The third kappa shape index (κ3) is 5.50. The van der Waals surface area contributed by atoms with Gasteiger partial charge in [-0.1, -0.05) is 31.7 Å². The highest BCUT2D eigenvalue weighted by molar-refractivity contribution is 7.89. The van der Waals surface area contributed by atoms with Crippen LogP contribution in [0.5, 0.6) is 0 Å². The fraction of sp³-hybridized carbons (Fsp3) is 0.684. The van der Waals surface area contributed by atoms with Gasteiger partial charge in [0.25, 0.3) is 5.69 Å². The predicted octanol–water partition coefficient (Wildman–Crippen LogP) is 2.64. The van der Waals surface area contributed by atoms with E-state index in [1.54, 1.807) is 0 Å². The zero-order valence-electron chi connectivity index (χ0n) is 16.2. The zero-order chi connectivity index (χ0) is 20.0. The molecule has 2 aliphatic rings. The molecule has 0 spiro atoms. The van der Waals surface area contributed by atoms with Crippen LogP contribution in [0.3, 0.4) is 0 Å². The molecule has 0 bridgehead atoms. The van der Waals surface area contributed by atoms with Crippen LogP contribution in [0.15, 0.2) is 29.2 Å². The number of benzene rings is 1. The molecule has 28 heavy (non-hydrogen) atoms. The van der Waals surface area contributed by atoms with E-state index in [2.05, 4.69) is 4.90 Å². The topological polar surface area (TPSA) is 93.0 Å². The van der Waals surface area contributed by atoms with Gasteiger partial charge in [-0.2, -0.15) is 4.31 Å². The maximum Gasteiger partial charge on any atom is 0.270 e. The molecule has 0 N–H and O–H groups in total. The lowest BCUT2D eigenvalue weighted by atomic mass is 10.1. The van der Waals surface area contributed by atoms with Gasteiger partial charge in [0, 0.05) is 44.9 Å². The summed E-state index contributed by atoms with van der Waals surface area (Å²) in [6, 6.07) is 5.24. The molecule has 1 aliphatic carbocycles. The van der Waals surface area contributed by atoms with Crippen molar-refractivity contribution in [3.8, 4) is 0 Å². The predicted molar refractivity (Wildman–Crippen MR) is 106 cm³/mol. The lowest BCUT2D eigenvalue weighted by molar-refractivity contribution is -0.385. The molecule has 1 aliphatic heterocycles. The Morgan fingerprint density at radius 1 is 1.07 bits per heavy atom. The van der Waals surface area contributed by atoms with Crippen LogP contribution in [-0.2, 0) is 14.8 Å². The van der Waals surface area contributed by atoms with Crippen molar-refractivity contribution in [1.29, 1.82) is 0 Å². The first-order valence-electron chi connectivity index (χ1n) is 10.1. The molecule has 0 radical (unpaired) electrons. The van der Waals surface area contributed by atoms with E-state index in [9.17, 15) is 18.5 Å². The molecule has 1 aromatic rings. The molecule has 1 saturated carbocycles. The number of hydrogen-bond donors (Lipinski definition) is 0. The van der Waals surface area contributed by atoms with E-state index in [1.807, 2.05) is 0 Å². The first-order valence-corrected chi connectivity index (χ1v) is 11.5. The molecule has 0 atom stereocenters. The van der Waals surface area contributed by atoms with Crippen molar-refractivity contribution in [2.24, 2.45) is 0 Å². The van der Waals surface area contributed by atoms with Crippen molar-refractivity contribution in [3.05, 3.63) is 34.4 Å². The quantitative estimate of drug-likeness (QED) is 0.389. The Balaban J connectivity index is 1.47. The summed E-state index contributed by atoms with van der Waals surface area (Å²) < 4.78 is 33.0. The van der Waals surface area contributed by atoms with Crippen molar-refractivity contribution < 1.29 is 18.1 Å². The van der Waals surface area contributed by atoms with Gasteiger partial charge >= 0.3 is 0 Å². The molecule has 0 amide bonds. The minimum absolute atomic E-state index is 0.0214. The number of non-ortho nitro benzene ring substituents is 1. The van der Waals surface area contributed by atoms with E-state index < -0.39 is 14.9 Å². The van der Waals surface area contributed by atoms with E-state index in [-0.39, 0.29) is 10.6 Å². The largest absolute Gasteiger partial charge is 0.377 e. The number of rotatable bonds is 7. The van der Waals surface area contributed by atoms with Crippen LogP contribution >= 0.6 is 0 Å². The second-order valence-electron chi connectivity index (χ2n) is 7.48. The van der Waals surface area contributed by atoms with Gasteiger partial charge < -0.3 is 4.74 Å². The fourth-order valence-electron chi connectivity index (χ4n) is 3.86. The molecule has 0 unspecified atom stereocenters. The standard InChI is InChI=1S/C19H29N3O5S/c23-22(24)17-6-5-9-19(16-17)28(25,26)21-12-10-20(11-13-21)14-15-27-18-7-3-1-2-4-8-18/h5-6,9,16,18H,1-4,7-8,10-15H2. The average molecular weight is 412 g/mol. The Kier molecular flexibility index (Phi) is 7.39. The van der Waals surface area contributed by atoms with Crippen LogP contribution in [0.25, 0.3) is 0 Å². The van der Waals surface area contributed by atoms with Gasteiger partial charge in [0.15, 0.2) is 0 Å². The van der Waals surface area contributed by atoms with Crippen molar-refractivity contribution in [3.63, 3.8) is 0 Å². The molecular weight excluding hydrogens is 382 g/mol. The molecule has 3 rings (SSSR count). The summed E-state index contributed by atoms with van der Waals surface area (Å²) in [4.78, 5) is 12.5. The highest BCUT2D eigenvalue weighted by Crippen LogP contribution is 2.22. The van der Waals surface area contributed by atoms with Gasteiger partial charge in [-0.15, -0.1) is 0 Å². The van der Waals surface area contributed by atoms with Gasteiger partial charge in [0.05, 0.1) is 22.5 Å². The highest BCUT2D eigenvalue weighted by Gasteiger charge is 2.29. The minimum atomic E-state index is -3.71. The average Bonchev–Trinajstić information content (AvgIpc) is 2.97. The second kappa shape index (κ2) is 9.78. The highest BCUT2D eigenvalue weighted by atomic mass is 32.2. The maximum absolute atomic E-state index is 12.8. The van der Waals surface area contributed by atoms with Gasteiger partial charge in [-0.3, -0.25) is 15.0 Å². The Labute approximate surface area is 166 Å². The van der Waals surface area contributed by atoms with E-state index in [4.69, 9.17) is 4.74 Å². The number of nitro groups is 1. The van der Waals surface area contributed by atoms with Crippen LogP contribution in [0.1, 0.15) is 38.5 Å². The maximum atomic E-state index is 12.8. The molecular formula is C19H29N3O5S. The van der Waals surface area contributed by atoms with Gasteiger partial charge in [-0.25, -0.2) is 8.42 Å². The molecule has 1 saturated heterocycles. The van der Waals surface area contributed by atoms with Crippen molar-refractivity contribution >= 4 is 15.7 Å². The SMILES string of the molecule is O=[N+]([O-])c1cccc(S(=O)(=O)N2CCN(CCOC3CCCCCC3)CC2)c1. The van der Waals surface area contributed by atoms with E-state index >= 15 is 0 Å². The minimum Gasteiger partial charge on any atom is -0.377 e. The van der Waals surface area contributed by atoms with Crippen LogP contribution < -0.4 is 0 Å². The third-order valence-corrected chi connectivity index (χ3v) is 7.46. The van der Waals surface area contributed by atoms with Crippen LogP contribution in [0, 0.1) is 10.1 Å². The van der Waals surface area contributed by atoms with Gasteiger partial charge in [0.1, 0.15) is 0 Å². The number of sulfonamides is 1. The van der Waals surface area contributed by atoms with E-state index in [0.717, 1.165) is 25.5 Å². The lowest BCUT2D eigenvalue weighted by Gasteiger charge is -2.34. The van der Waals surface area contributed by atoms with Gasteiger partial charge in [0.2, 0.25) is 10.0 Å². The third-order valence-electron chi connectivity index (χ3n) is 5.56. The van der Waals surface area contributed by atoms with Crippen LogP contribution in [0.4, 0.5) is 5.69 Å². The van der Waals surface area contributed by atoms with Crippen molar-refractivity contribution in [1.82, 2.24) is 9.21 Å². The fourth-order valence-corrected chi connectivity index (χ4v) is 5.32.